The third-order valence-electron chi connectivity index (χ3n) is 1.83. The van der Waals surface area contributed by atoms with Crippen molar-refractivity contribution in [3.63, 3.8) is 0 Å². The van der Waals surface area contributed by atoms with Crippen molar-refractivity contribution in [2.75, 3.05) is 0 Å². The van der Waals surface area contributed by atoms with E-state index in [0.29, 0.717) is 5.75 Å². The summed E-state index contributed by atoms with van der Waals surface area (Å²) in [6.45, 7) is 3.68. The van der Waals surface area contributed by atoms with Gasteiger partial charge in [0, 0.05) is 0 Å². The van der Waals surface area contributed by atoms with Crippen molar-refractivity contribution in [3.05, 3.63) is 29.8 Å². The van der Waals surface area contributed by atoms with Gasteiger partial charge in [0.25, 0.3) is 0 Å². The maximum Gasteiger partial charge on any atom is 0.408 e. The molecule has 0 saturated heterocycles. The van der Waals surface area contributed by atoms with E-state index in [9.17, 15) is 13.2 Å². The van der Waals surface area contributed by atoms with Gasteiger partial charge in [0.15, 0.2) is 5.38 Å². The first kappa shape index (κ1) is 13.2. The SMILES string of the molecule is CC(C)Oc1ccc(C(Cl)C(F)(F)F)cc1. The van der Waals surface area contributed by atoms with Gasteiger partial charge in [-0.25, -0.2) is 0 Å². The fourth-order valence-electron chi connectivity index (χ4n) is 1.18. The zero-order valence-corrected chi connectivity index (χ0v) is 9.64. The molecule has 16 heavy (non-hydrogen) atoms. The summed E-state index contributed by atoms with van der Waals surface area (Å²) in [5.41, 5.74) is 0.0188. The standard InChI is InChI=1S/C11H12ClF3O/c1-7(2)16-9-5-3-8(4-6-9)10(12)11(13,14)15/h3-7,10H,1-2H3. The van der Waals surface area contributed by atoms with E-state index in [2.05, 4.69) is 0 Å². The Morgan fingerprint density at radius 2 is 1.62 bits per heavy atom. The molecule has 0 aliphatic heterocycles. The fraction of sp³-hybridized carbons (Fsp3) is 0.455. The zero-order chi connectivity index (χ0) is 12.3. The number of halogens is 4. The summed E-state index contributed by atoms with van der Waals surface area (Å²) in [5, 5.41) is -1.97. The zero-order valence-electron chi connectivity index (χ0n) is 8.88. The van der Waals surface area contributed by atoms with Crippen LogP contribution in [0, 0.1) is 0 Å². The topological polar surface area (TPSA) is 9.23 Å². The van der Waals surface area contributed by atoms with Crippen molar-refractivity contribution in [1.82, 2.24) is 0 Å². The van der Waals surface area contributed by atoms with Gasteiger partial charge in [0.05, 0.1) is 6.10 Å². The second kappa shape index (κ2) is 4.95. The molecular weight excluding hydrogens is 241 g/mol. The lowest BCUT2D eigenvalue weighted by atomic mass is 10.1. The van der Waals surface area contributed by atoms with E-state index in [-0.39, 0.29) is 11.7 Å². The number of hydrogen-bond acceptors (Lipinski definition) is 1. The molecule has 0 aliphatic rings. The molecule has 1 aromatic rings. The van der Waals surface area contributed by atoms with Gasteiger partial charge in [0.1, 0.15) is 5.75 Å². The van der Waals surface area contributed by atoms with Crippen LogP contribution in [0.3, 0.4) is 0 Å². The highest BCUT2D eigenvalue weighted by molar-refractivity contribution is 6.21. The predicted molar refractivity (Wildman–Crippen MR) is 56.9 cm³/mol. The van der Waals surface area contributed by atoms with Gasteiger partial charge in [0.2, 0.25) is 0 Å². The molecule has 1 nitrogen and oxygen atoms in total. The lowest BCUT2D eigenvalue weighted by Gasteiger charge is -2.15. The molecule has 0 heterocycles. The third-order valence-corrected chi connectivity index (χ3v) is 2.33. The minimum atomic E-state index is -4.43. The summed E-state index contributed by atoms with van der Waals surface area (Å²) >= 11 is 5.27. The molecular formula is C11H12ClF3O. The smallest absolute Gasteiger partial charge is 0.408 e. The normalized spacial score (nSPS) is 13.9. The van der Waals surface area contributed by atoms with Gasteiger partial charge in [-0.1, -0.05) is 12.1 Å². The van der Waals surface area contributed by atoms with Crippen LogP contribution >= 0.6 is 11.6 Å². The average molecular weight is 253 g/mol. The molecule has 0 fully saturated rings. The Bertz CT molecular complexity index is 332. The molecule has 90 valence electrons. The largest absolute Gasteiger partial charge is 0.491 e. The van der Waals surface area contributed by atoms with E-state index in [0.717, 1.165) is 0 Å². The highest BCUT2D eigenvalue weighted by Crippen LogP contribution is 2.38. The van der Waals surface area contributed by atoms with E-state index < -0.39 is 11.6 Å². The first-order valence-electron chi connectivity index (χ1n) is 4.78. The second-order valence-corrected chi connectivity index (χ2v) is 4.08. The van der Waals surface area contributed by atoms with E-state index in [1.54, 1.807) is 0 Å². The Labute approximate surface area is 97.2 Å². The van der Waals surface area contributed by atoms with Gasteiger partial charge < -0.3 is 4.74 Å². The van der Waals surface area contributed by atoms with E-state index >= 15 is 0 Å². The maximum absolute atomic E-state index is 12.3. The summed E-state index contributed by atoms with van der Waals surface area (Å²) in [6.07, 6.45) is -4.44. The summed E-state index contributed by atoms with van der Waals surface area (Å²) in [6, 6.07) is 5.61. The monoisotopic (exact) mass is 252 g/mol. The van der Waals surface area contributed by atoms with Crippen molar-refractivity contribution in [2.24, 2.45) is 0 Å². The molecule has 0 aliphatic carbocycles. The molecule has 0 bridgehead atoms. The van der Waals surface area contributed by atoms with Gasteiger partial charge >= 0.3 is 6.18 Å². The third kappa shape index (κ3) is 3.59. The lowest BCUT2D eigenvalue weighted by Crippen LogP contribution is -2.15. The van der Waals surface area contributed by atoms with Crippen LogP contribution in [0.5, 0.6) is 5.75 Å². The molecule has 0 aromatic heterocycles. The number of hydrogen-bond donors (Lipinski definition) is 0. The minimum absolute atomic E-state index is 0.0136. The highest BCUT2D eigenvalue weighted by atomic mass is 35.5. The molecule has 1 unspecified atom stereocenters. The fourth-order valence-corrected chi connectivity index (χ4v) is 1.32. The molecule has 1 aromatic carbocycles. The molecule has 0 N–H and O–H groups in total. The Kier molecular flexibility index (Phi) is 4.08. The van der Waals surface area contributed by atoms with Crippen molar-refractivity contribution in [1.29, 1.82) is 0 Å². The molecule has 1 atom stereocenters. The summed E-state index contributed by atoms with van der Waals surface area (Å²) in [7, 11) is 0. The molecule has 0 radical (unpaired) electrons. The number of rotatable bonds is 3. The van der Waals surface area contributed by atoms with Gasteiger partial charge in [-0.2, -0.15) is 13.2 Å². The van der Waals surface area contributed by atoms with Gasteiger partial charge in [-0.05, 0) is 31.5 Å². The quantitative estimate of drug-likeness (QED) is 0.728. The van der Waals surface area contributed by atoms with Crippen LogP contribution in [0.2, 0.25) is 0 Å². The van der Waals surface area contributed by atoms with Crippen molar-refractivity contribution < 1.29 is 17.9 Å². The Balaban J connectivity index is 2.79. The number of alkyl halides is 4. The van der Waals surface area contributed by atoms with Crippen molar-refractivity contribution in [2.45, 2.75) is 31.5 Å². The van der Waals surface area contributed by atoms with Crippen LogP contribution in [0.1, 0.15) is 24.8 Å². The molecule has 0 amide bonds. The first-order chi connectivity index (χ1) is 7.30. The number of benzene rings is 1. The van der Waals surface area contributed by atoms with Gasteiger partial charge in [-0.3, -0.25) is 0 Å². The predicted octanol–water partition coefficient (Wildman–Crippen LogP) is 4.32. The summed E-state index contributed by atoms with van der Waals surface area (Å²) in [4.78, 5) is 0. The Morgan fingerprint density at radius 3 is 2.00 bits per heavy atom. The highest BCUT2D eigenvalue weighted by Gasteiger charge is 2.39. The molecule has 0 spiro atoms. The van der Waals surface area contributed by atoms with Crippen LogP contribution in [0.15, 0.2) is 24.3 Å². The molecule has 1 rings (SSSR count). The Hall–Kier alpha value is -0.900. The number of ether oxygens (including phenoxy) is 1. The minimum Gasteiger partial charge on any atom is -0.491 e. The Morgan fingerprint density at radius 1 is 1.12 bits per heavy atom. The van der Waals surface area contributed by atoms with E-state index in [1.807, 2.05) is 13.8 Å². The molecule has 0 saturated carbocycles. The van der Waals surface area contributed by atoms with Crippen molar-refractivity contribution in [3.8, 4) is 5.75 Å². The van der Waals surface area contributed by atoms with E-state index in [4.69, 9.17) is 16.3 Å². The van der Waals surface area contributed by atoms with Crippen LogP contribution in [-0.4, -0.2) is 12.3 Å². The van der Waals surface area contributed by atoms with Crippen LogP contribution < -0.4 is 4.74 Å². The molecule has 5 heteroatoms. The average Bonchev–Trinajstić information content (AvgIpc) is 2.15. The van der Waals surface area contributed by atoms with Crippen LogP contribution in [0.4, 0.5) is 13.2 Å². The maximum atomic E-state index is 12.3. The summed E-state index contributed by atoms with van der Waals surface area (Å²) in [5.74, 6) is 0.532. The second-order valence-electron chi connectivity index (χ2n) is 3.64. The van der Waals surface area contributed by atoms with Crippen LogP contribution in [-0.2, 0) is 0 Å². The van der Waals surface area contributed by atoms with Gasteiger partial charge in [-0.15, -0.1) is 11.6 Å². The van der Waals surface area contributed by atoms with E-state index in [1.165, 1.54) is 24.3 Å². The summed E-state index contributed by atoms with van der Waals surface area (Å²) < 4.78 is 42.2. The first-order valence-corrected chi connectivity index (χ1v) is 5.21. The van der Waals surface area contributed by atoms with Crippen molar-refractivity contribution >= 4 is 11.6 Å². The van der Waals surface area contributed by atoms with Crippen LogP contribution in [0.25, 0.3) is 0 Å². The lowest BCUT2D eigenvalue weighted by molar-refractivity contribution is -0.131.